The van der Waals surface area contributed by atoms with Gasteiger partial charge in [-0.25, -0.2) is 8.78 Å². The molecule has 3 nitrogen and oxygen atoms in total. The Morgan fingerprint density at radius 3 is 2.62 bits per heavy atom. The molecule has 1 aromatic carbocycles. The molecule has 0 spiro atoms. The Hall–Kier alpha value is -1.53. The van der Waals surface area contributed by atoms with Gasteiger partial charge in [0.2, 0.25) is 0 Å². The zero-order valence-electron chi connectivity index (χ0n) is 11.6. The predicted octanol–water partition coefficient (Wildman–Crippen LogP) is 3.96. The van der Waals surface area contributed by atoms with Gasteiger partial charge in [0, 0.05) is 6.20 Å². The van der Waals surface area contributed by atoms with E-state index in [0.717, 1.165) is 6.07 Å². The molecule has 1 atom stereocenters. The minimum Gasteiger partial charge on any atom is -0.489 e. The number of benzene rings is 1. The van der Waals surface area contributed by atoms with E-state index in [1.54, 1.807) is 18.5 Å². The van der Waals surface area contributed by atoms with Crippen LogP contribution in [0.4, 0.5) is 8.78 Å². The van der Waals surface area contributed by atoms with Gasteiger partial charge in [0.25, 0.3) is 0 Å². The average Bonchev–Trinajstić information content (AvgIpc) is 2.44. The molecular weight excluding hydrogens is 342 g/mol. The SMILES string of the molecule is CC(C)Oc1cncc(C(N)c2ccc(F)c(F)c2Br)c1. The molecule has 2 aromatic rings. The highest BCUT2D eigenvalue weighted by molar-refractivity contribution is 9.10. The lowest BCUT2D eigenvalue weighted by molar-refractivity contribution is 0.241. The quantitative estimate of drug-likeness (QED) is 0.843. The van der Waals surface area contributed by atoms with Crippen LogP contribution in [0.25, 0.3) is 0 Å². The van der Waals surface area contributed by atoms with Crippen molar-refractivity contribution in [3.8, 4) is 5.75 Å². The van der Waals surface area contributed by atoms with Gasteiger partial charge in [-0.3, -0.25) is 4.98 Å². The second-order valence-corrected chi connectivity index (χ2v) is 5.66. The van der Waals surface area contributed by atoms with Crippen LogP contribution in [0.2, 0.25) is 0 Å². The highest BCUT2D eigenvalue weighted by Gasteiger charge is 2.18. The van der Waals surface area contributed by atoms with Crippen LogP contribution in [0.1, 0.15) is 31.0 Å². The van der Waals surface area contributed by atoms with E-state index in [9.17, 15) is 8.78 Å². The van der Waals surface area contributed by atoms with E-state index in [2.05, 4.69) is 20.9 Å². The lowest BCUT2D eigenvalue weighted by Crippen LogP contribution is -2.14. The molecule has 1 heterocycles. The van der Waals surface area contributed by atoms with Gasteiger partial charge in [-0.15, -0.1) is 0 Å². The van der Waals surface area contributed by atoms with Crippen LogP contribution in [0.5, 0.6) is 5.75 Å². The summed E-state index contributed by atoms with van der Waals surface area (Å²) in [6.07, 6.45) is 3.16. The van der Waals surface area contributed by atoms with E-state index in [1.807, 2.05) is 13.8 Å². The molecule has 1 aromatic heterocycles. The van der Waals surface area contributed by atoms with Gasteiger partial charge in [0.1, 0.15) is 5.75 Å². The second-order valence-electron chi connectivity index (χ2n) is 4.86. The molecule has 1 unspecified atom stereocenters. The highest BCUT2D eigenvalue weighted by atomic mass is 79.9. The van der Waals surface area contributed by atoms with Crippen molar-refractivity contribution in [1.82, 2.24) is 4.98 Å². The van der Waals surface area contributed by atoms with Crippen LogP contribution in [0.3, 0.4) is 0 Å². The molecule has 0 aliphatic carbocycles. The van der Waals surface area contributed by atoms with E-state index >= 15 is 0 Å². The minimum absolute atomic E-state index is 0.00766. The first-order valence-corrected chi connectivity index (χ1v) is 7.20. The Bertz CT molecular complexity index is 650. The normalized spacial score (nSPS) is 12.5. The van der Waals surface area contributed by atoms with Gasteiger partial charge in [0.05, 0.1) is 22.8 Å². The smallest absolute Gasteiger partial charge is 0.173 e. The fraction of sp³-hybridized carbons (Fsp3) is 0.267. The summed E-state index contributed by atoms with van der Waals surface area (Å²) in [6, 6.07) is 3.60. The number of hydrogen-bond acceptors (Lipinski definition) is 3. The molecule has 0 bridgehead atoms. The van der Waals surface area contributed by atoms with Crippen molar-refractivity contribution in [3.05, 3.63) is 57.8 Å². The number of halogens is 3. The molecular formula is C15H15BrF2N2O. The van der Waals surface area contributed by atoms with E-state index in [4.69, 9.17) is 10.5 Å². The highest BCUT2D eigenvalue weighted by Crippen LogP contribution is 2.31. The van der Waals surface area contributed by atoms with E-state index in [0.29, 0.717) is 16.9 Å². The Labute approximate surface area is 130 Å². The first-order valence-electron chi connectivity index (χ1n) is 6.40. The van der Waals surface area contributed by atoms with Gasteiger partial charge in [-0.2, -0.15) is 0 Å². The maximum absolute atomic E-state index is 13.6. The minimum atomic E-state index is -0.953. The zero-order valence-corrected chi connectivity index (χ0v) is 13.2. The van der Waals surface area contributed by atoms with E-state index in [-0.39, 0.29) is 10.6 Å². The Kier molecular flexibility index (Phi) is 4.90. The van der Waals surface area contributed by atoms with Crippen molar-refractivity contribution in [1.29, 1.82) is 0 Å². The molecule has 21 heavy (non-hydrogen) atoms. The predicted molar refractivity (Wildman–Crippen MR) is 80.1 cm³/mol. The molecule has 112 valence electrons. The summed E-state index contributed by atoms with van der Waals surface area (Å²) >= 11 is 3.04. The molecule has 0 radical (unpaired) electrons. The van der Waals surface area contributed by atoms with Gasteiger partial charge in [0.15, 0.2) is 11.6 Å². The number of hydrogen-bond donors (Lipinski definition) is 1. The summed E-state index contributed by atoms with van der Waals surface area (Å²) in [5.74, 6) is -1.30. The lowest BCUT2D eigenvalue weighted by Gasteiger charge is -2.16. The number of aromatic nitrogens is 1. The molecule has 0 saturated heterocycles. The van der Waals surface area contributed by atoms with Crippen molar-refractivity contribution in [2.45, 2.75) is 26.0 Å². The Morgan fingerprint density at radius 1 is 1.24 bits per heavy atom. The first kappa shape index (κ1) is 15.9. The summed E-state index contributed by atoms with van der Waals surface area (Å²) < 4.78 is 32.3. The molecule has 2 rings (SSSR count). The third-order valence-corrected chi connectivity index (χ3v) is 3.67. The fourth-order valence-electron chi connectivity index (χ4n) is 1.90. The van der Waals surface area contributed by atoms with Crippen LogP contribution in [0, 0.1) is 11.6 Å². The van der Waals surface area contributed by atoms with Crippen molar-refractivity contribution >= 4 is 15.9 Å². The number of nitrogens with zero attached hydrogens (tertiary/aromatic N) is 1. The molecule has 0 aliphatic rings. The molecule has 0 aliphatic heterocycles. The third kappa shape index (κ3) is 3.57. The van der Waals surface area contributed by atoms with Gasteiger partial charge in [-0.05, 0) is 53.0 Å². The van der Waals surface area contributed by atoms with Crippen molar-refractivity contribution in [2.24, 2.45) is 5.73 Å². The maximum Gasteiger partial charge on any atom is 0.173 e. The summed E-state index contributed by atoms with van der Waals surface area (Å²) in [5, 5.41) is 0. The maximum atomic E-state index is 13.6. The van der Waals surface area contributed by atoms with Crippen LogP contribution < -0.4 is 10.5 Å². The topological polar surface area (TPSA) is 48.1 Å². The summed E-state index contributed by atoms with van der Waals surface area (Å²) in [4.78, 5) is 4.07. The Morgan fingerprint density at radius 2 is 1.95 bits per heavy atom. The van der Waals surface area contributed by atoms with Crippen molar-refractivity contribution in [3.63, 3.8) is 0 Å². The lowest BCUT2D eigenvalue weighted by atomic mass is 10.0. The third-order valence-electron chi connectivity index (χ3n) is 2.87. The Balaban J connectivity index is 2.36. The monoisotopic (exact) mass is 356 g/mol. The number of rotatable bonds is 4. The number of nitrogens with two attached hydrogens (primary N) is 1. The van der Waals surface area contributed by atoms with Gasteiger partial charge < -0.3 is 10.5 Å². The molecule has 6 heteroatoms. The van der Waals surface area contributed by atoms with Crippen molar-refractivity contribution in [2.75, 3.05) is 0 Å². The van der Waals surface area contributed by atoms with Crippen LogP contribution in [0.15, 0.2) is 35.1 Å². The largest absolute Gasteiger partial charge is 0.489 e. The molecule has 0 amide bonds. The second kappa shape index (κ2) is 6.49. The number of ether oxygens (including phenoxy) is 1. The fourth-order valence-corrected chi connectivity index (χ4v) is 2.47. The van der Waals surface area contributed by atoms with Crippen LogP contribution >= 0.6 is 15.9 Å². The zero-order chi connectivity index (χ0) is 15.6. The molecule has 0 saturated carbocycles. The summed E-state index contributed by atoms with van der Waals surface area (Å²) in [7, 11) is 0. The van der Waals surface area contributed by atoms with Gasteiger partial charge in [-0.1, -0.05) is 6.07 Å². The van der Waals surface area contributed by atoms with E-state index < -0.39 is 17.7 Å². The van der Waals surface area contributed by atoms with E-state index in [1.165, 1.54) is 6.07 Å². The summed E-state index contributed by atoms with van der Waals surface area (Å²) in [6.45, 7) is 3.80. The molecule has 0 fully saturated rings. The van der Waals surface area contributed by atoms with Crippen molar-refractivity contribution < 1.29 is 13.5 Å². The first-order chi connectivity index (χ1) is 9.90. The summed E-state index contributed by atoms with van der Waals surface area (Å²) in [5.41, 5.74) is 7.22. The molecule has 2 N–H and O–H groups in total. The standard InChI is InChI=1S/C15H15BrF2N2O/c1-8(2)21-10-5-9(6-20-7-10)15(19)11-3-4-12(17)14(18)13(11)16/h3-8,15H,19H2,1-2H3. The van der Waals surface area contributed by atoms with Crippen LogP contribution in [-0.4, -0.2) is 11.1 Å². The average molecular weight is 357 g/mol. The van der Waals surface area contributed by atoms with Gasteiger partial charge >= 0.3 is 0 Å². The number of pyridine rings is 1. The van der Waals surface area contributed by atoms with Crippen LogP contribution in [-0.2, 0) is 0 Å².